The number of carbonyl (C=O) groups is 3. The maximum absolute atomic E-state index is 13.0. The zero-order valence-corrected chi connectivity index (χ0v) is 23.6. The molecular formula is C29H39N5O6. The molecule has 11 heteroatoms. The van der Waals surface area contributed by atoms with E-state index in [1.54, 1.807) is 7.11 Å². The van der Waals surface area contributed by atoms with E-state index in [9.17, 15) is 14.4 Å². The van der Waals surface area contributed by atoms with E-state index in [4.69, 9.17) is 14.9 Å². The maximum atomic E-state index is 13.0. The number of likely N-dealkylation sites (N-methyl/N-ethyl adjacent to an activating group) is 1. The van der Waals surface area contributed by atoms with Crippen molar-refractivity contribution < 1.29 is 29.3 Å². The van der Waals surface area contributed by atoms with E-state index in [0.717, 1.165) is 56.4 Å². The average Bonchev–Trinajstić information content (AvgIpc) is 2.93. The maximum Gasteiger partial charge on any atom is 0.328 e. The molecular weight excluding hydrogens is 514 g/mol. The first-order valence-corrected chi connectivity index (χ1v) is 13.2. The summed E-state index contributed by atoms with van der Waals surface area (Å²) in [5.74, 6) is -1.67. The number of amides is 2. The summed E-state index contributed by atoms with van der Waals surface area (Å²) in [5.41, 5.74) is 5.73. The monoisotopic (exact) mass is 553 g/mol. The quantitative estimate of drug-likeness (QED) is 0.463. The number of hydrogen-bond acceptors (Lipinski definition) is 7. The van der Waals surface area contributed by atoms with Crippen molar-refractivity contribution in [2.75, 3.05) is 81.6 Å². The molecule has 2 aromatic carbocycles. The van der Waals surface area contributed by atoms with Crippen molar-refractivity contribution in [3.8, 4) is 5.75 Å². The third-order valence-electron chi connectivity index (χ3n) is 6.97. The van der Waals surface area contributed by atoms with Crippen molar-refractivity contribution in [2.45, 2.75) is 13.8 Å². The van der Waals surface area contributed by atoms with Gasteiger partial charge in [-0.1, -0.05) is 18.2 Å². The molecule has 2 aliphatic heterocycles. The molecule has 2 aliphatic rings. The van der Waals surface area contributed by atoms with Crippen LogP contribution in [0.4, 0.5) is 21.9 Å². The van der Waals surface area contributed by atoms with Crippen LogP contribution in [0.5, 0.6) is 5.75 Å². The molecule has 2 saturated heterocycles. The standard InChI is InChI=1S/C25H35N5O2.C4H4O4/c1-19-6-5-7-20(2)24(19)29-14-16-30(17-15-29)25(31)26-21-8-9-23(32-4)22(18-21)28-12-10-27(3)11-13-28;5-3(6)1-2-4(7)8/h5-9,18H,10-17H2,1-4H3,(H,26,31);1-2H,(H,5,6)(H,7,8)/b;2-1+. The summed E-state index contributed by atoms with van der Waals surface area (Å²) in [4.78, 5) is 41.0. The van der Waals surface area contributed by atoms with Gasteiger partial charge in [0, 0.05) is 75.9 Å². The lowest BCUT2D eigenvalue weighted by Crippen LogP contribution is -2.50. The molecule has 2 fully saturated rings. The van der Waals surface area contributed by atoms with Gasteiger partial charge in [-0.25, -0.2) is 14.4 Å². The number of rotatable bonds is 6. The van der Waals surface area contributed by atoms with Crippen LogP contribution in [0, 0.1) is 13.8 Å². The minimum atomic E-state index is -1.26. The molecule has 40 heavy (non-hydrogen) atoms. The Morgan fingerprint density at radius 1 is 0.825 bits per heavy atom. The highest BCUT2D eigenvalue weighted by atomic mass is 16.5. The molecule has 2 aromatic rings. The molecule has 0 aliphatic carbocycles. The summed E-state index contributed by atoms with van der Waals surface area (Å²) in [6.07, 6.45) is 1.12. The van der Waals surface area contributed by atoms with Crippen molar-refractivity contribution in [1.29, 1.82) is 0 Å². The van der Waals surface area contributed by atoms with E-state index < -0.39 is 11.9 Å². The first-order valence-electron chi connectivity index (χ1n) is 13.2. The molecule has 0 saturated carbocycles. The van der Waals surface area contributed by atoms with Crippen LogP contribution in [0.15, 0.2) is 48.6 Å². The summed E-state index contributed by atoms with van der Waals surface area (Å²) in [5, 5.41) is 18.7. The highest BCUT2D eigenvalue weighted by molar-refractivity contribution is 5.91. The number of carbonyl (C=O) groups excluding carboxylic acids is 1. The Labute approximate surface area is 235 Å². The Kier molecular flexibility index (Phi) is 10.8. The number of urea groups is 1. The number of hydrogen-bond donors (Lipinski definition) is 3. The molecule has 4 rings (SSSR count). The Bertz CT molecular complexity index is 1180. The zero-order chi connectivity index (χ0) is 29.2. The number of para-hydroxylation sites is 1. The van der Waals surface area contributed by atoms with Crippen molar-refractivity contribution in [1.82, 2.24) is 9.80 Å². The molecule has 0 atom stereocenters. The van der Waals surface area contributed by atoms with E-state index in [1.807, 2.05) is 23.1 Å². The van der Waals surface area contributed by atoms with Gasteiger partial charge in [0.1, 0.15) is 5.75 Å². The third-order valence-corrected chi connectivity index (χ3v) is 6.97. The second-order valence-corrected chi connectivity index (χ2v) is 9.83. The highest BCUT2D eigenvalue weighted by Gasteiger charge is 2.24. The third kappa shape index (κ3) is 8.37. The fourth-order valence-electron chi connectivity index (χ4n) is 4.84. The van der Waals surface area contributed by atoms with Gasteiger partial charge in [0.2, 0.25) is 0 Å². The summed E-state index contributed by atoms with van der Waals surface area (Å²) in [7, 11) is 3.84. The summed E-state index contributed by atoms with van der Waals surface area (Å²) < 4.78 is 5.59. The van der Waals surface area contributed by atoms with E-state index in [1.165, 1.54) is 16.8 Å². The number of ether oxygens (including phenoxy) is 1. The van der Waals surface area contributed by atoms with Gasteiger partial charge in [0.15, 0.2) is 0 Å². The van der Waals surface area contributed by atoms with Crippen molar-refractivity contribution >= 4 is 35.0 Å². The molecule has 0 radical (unpaired) electrons. The molecule has 216 valence electrons. The molecule has 2 heterocycles. The Morgan fingerprint density at radius 2 is 1.38 bits per heavy atom. The fourth-order valence-corrected chi connectivity index (χ4v) is 4.84. The summed E-state index contributed by atoms with van der Waals surface area (Å²) >= 11 is 0. The Balaban J connectivity index is 0.000000482. The lowest BCUT2D eigenvalue weighted by atomic mass is 10.1. The SMILES string of the molecule is COc1ccc(NC(=O)N2CCN(c3c(C)cccc3C)CC2)cc1N1CCN(C)CC1.O=C(O)/C=C/C(=O)O. The number of carboxylic acid groups (broad SMARTS) is 2. The second-order valence-electron chi connectivity index (χ2n) is 9.83. The van der Waals surface area contributed by atoms with Crippen molar-refractivity contribution in [3.05, 3.63) is 59.7 Å². The molecule has 0 unspecified atom stereocenters. The number of nitrogens with zero attached hydrogens (tertiary/aromatic N) is 4. The van der Waals surface area contributed by atoms with Crippen LogP contribution in [0.1, 0.15) is 11.1 Å². The molecule has 0 bridgehead atoms. The number of aryl methyl sites for hydroxylation is 2. The molecule has 0 spiro atoms. The van der Waals surface area contributed by atoms with Crippen LogP contribution >= 0.6 is 0 Å². The van der Waals surface area contributed by atoms with Crippen LogP contribution in [0.2, 0.25) is 0 Å². The number of methoxy groups -OCH3 is 1. The first kappa shape index (κ1) is 30.3. The van der Waals surface area contributed by atoms with E-state index >= 15 is 0 Å². The number of anilines is 3. The van der Waals surface area contributed by atoms with Gasteiger partial charge in [-0.2, -0.15) is 0 Å². The number of piperazine rings is 2. The van der Waals surface area contributed by atoms with Crippen LogP contribution in [-0.2, 0) is 9.59 Å². The molecule has 11 nitrogen and oxygen atoms in total. The van der Waals surface area contributed by atoms with Crippen LogP contribution in [0.3, 0.4) is 0 Å². The average molecular weight is 554 g/mol. The van der Waals surface area contributed by atoms with Gasteiger partial charge >= 0.3 is 18.0 Å². The number of aliphatic carboxylic acids is 2. The lowest BCUT2D eigenvalue weighted by Gasteiger charge is -2.37. The van der Waals surface area contributed by atoms with Crippen molar-refractivity contribution in [3.63, 3.8) is 0 Å². The summed E-state index contributed by atoms with van der Waals surface area (Å²) in [6, 6.07) is 12.3. The topological polar surface area (TPSA) is 126 Å². The minimum Gasteiger partial charge on any atom is -0.495 e. The predicted molar refractivity (Wildman–Crippen MR) is 156 cm³/mol. The van der Waals surface area contributed by atoms with Crippen LogP contribution in [-0.4, -0.2) is 104 Å². The van der Waals surface area contributed by atoms with Gasteiger partial charge < -0.3 is 39.9 Å². The normalized spacial score (nSPS) is 15.8. The lowest BCUT2D eigenvalue weighted by molar-refractivity contribution is -0.134. The van der Waals surface area contributed by atoms with Gasteiger partial charge in [0.25, 0.3) is 0 Å². The van der Waals surface area contributed by atoms with Gasteiger partial charge in [-0.05, 0) is 50.2 Å². The summed E-state index contributed by atoms with van der Waals surface area (Å²) in [6.45, 7) is 11.3. The Morgan fingerprint density at radius 3 is 1.90 bits per heavy atom. The largest absolute Gasteiger partial charge is 0.495 e. The predicted octanol–water partition coefficient (Wildman–Crippen LogP) is 3.13. The first-order chi connectivity index (χ1) is 19.1. The molecule has 3 N–H and O–H groups in total. The molecule has 2 amide bonds. The van der Waals surface area contributed by atoms with Gasteiger partial charge in [0.05, 0.1) is 12.8 Å². The smallest absolute Gasteiger partial charge is 0.328 e. The van der Waals surface area contributed by atoms with E-state index in [2.05, 4.69) is 59.1 Å². The minimum absolute atomic E-state index is 0.0411. The van der Waals surface area contributed by atoms with Gasteiger partial charge in [-0.15, -0.1) is 0 Å². The number of nitrogens with one attached hydrogen (secondary N) is 1. The molecule has 0 aromatic heterocycles. The van der Waals surface area contributed by atoms with E-state index in [0.29, 0.717) is 25.2 Å². The highest BCUT2D eigenvalue weighted by Crippen LogP contribution is 2.32. The van der Waals surface area contributed by atoms with E-state index in [-0.39, 0.29) is 6.03 Å². The second kappa shape index (κ2) is 14.2. The van der Waals surface area contributed by atoms with Gasteiger partial charge in [-0.3, -0.25) is 0 Å². The van der Waals surface area contributed by atoms with Crippen LogP contribution < -0.4 is 19.9 Å². The number of benzene rings is 2. The van der Waals surface area contributed by atoms with Crippen LogP contribution in [0.25, 0.3) is 0 Å². The zero-order valence-electron chi connectivity index (χ0n) is 23.6. The fraction of sp³-hybridized carbons (Fsp3) is 0.414. The number of carboxylic acids is 2. The Hall–Kier alpha value is -4.25. The van der Waals surface area contributed by atoms with Crippen molar-refractivity contribution in [2.24, 2.45) is 0 Å².